The number of aromatic carboxylic acids is 1. The van der Waals surface area contributed by atoms with Gasteiger partial charge in [-0.25, -0.2) is 9.18 Å². The molecule has 0 saturated heterocycles. The summed E-state index contributed by atoms with van der Waals surface area (Å²) in [4.78, 5) is 12.7. The molecule has 2 aromatic rings. The topological polar surface area (TPSA) is 64.3 Å². The summed E-state index contributed by atoms with van der Waals surface area (Å²) in [5.41, 5.74) is 0.682. The Kier molecular flexibility index (Phi) is 3.67. The Labute approximate surface area is 115 Å². The highest BCUT2D eigenvalue weighted by molar-refractivity contribution is 5.96. The fourth-order valence-corrected chi connectivity index (χ4v) is 1.99. The number of para-hydroxylation sites is 1. The van der Waals surface area contributed by atoms with Gasteiger partial charge < -0.3 is 10.0 Å². The quantitative estimate of drug-likeness (QED) is 0.930. The molecule has 0 aromatic heterocycles. The van der Waals surface area contributed by atoms with Crippen molar-refractivity contribution in [2.45, 2.75) is 0 Å². The minimum Gasteiger partial charge on any atom is -0.478 e. The molecule has 2 rings (SSSR count). The van der Waals surface area contributed by atoms with Gasteiger partial charge in [-0.15, -0.1) is 0 Å². The third-order valence-corrected chi connectivity index (χ3v) is 2.95. The van der Waals surface area contributed by atoms with Crippen molar-refractivity contribution < 1.29 is 14.3 Å². The Morgan fingerprint density at radius 1 is 1.20 bits per heavy atom. The third kappa shape index (κ3) is 2.31. The highest BCUT2D eigenvalue weighted by Crippen LogP contribution is 2.30. The zero-order chi connectivity index (χ0) is 14.7. The van der Waals surface area contributed by atoms with E-state index in [2.05, 4.69) is 0 Å². The standard InChI is InChI=1S/C15H11FN2O2/c1-18(12-7-3-2-5-10(12)9-17)13-8-4-6-11(16)14(13)15(19)20/h2-8H,1H3,(H,19,20). The van der Waals surface area contributed by atoms with Gasteiger partial charge in [0.05, 0.1) is 16.9 Å². The summed E-state index contributed by atoms with van der Waals surface area (Å²) >= 11 is 0. The highest BCUT2D eigenvalue weighted by atomic mass is 19.1. The molecule has 0 unspecified atom stereocenters. The van der Waals surface area contributed by atoms with E-state index in [1.807, 2.05) is 6.07 Å². The molecule has 100 valence electrons. The molecule has 0 heterocycles. The Morgan fingerprint density at radius 2 is 1.85 bits per heavy atom. The van der Waals surface area contributed by atoms with Crippen LogP contribution in [0.3, 0.4) is 0 Å². The Bertz CT molecular complexity index is 707. The molecular weight excluding hydrogens is 259 g/mol. The Hall–Kier alpha value is -2.87. The van der Waals surface area contributed by atoms with Gasteiger partial charge in [0.2, 0.25) is 0 Å². The molecule has 0 fully saturated rings. The van der Waals surface area contributed by atoms with E-state index >= 15 is 0 Å². The number of halogens is 1. The first-order valence-corrected chi connectivity index (χ1v) is 5.81. The average Bonchev–Trinajstić information content (AvgIpc) is 2.45. The van der Waals surface area contributed by atoms with E-state index in [9.17, 15) is 9.18 Å². The van der Waals surface area contributed by atoms with Crippen LogP contribution in [0.25, 0.3) is 0 Å². The van der Waals surface area contributed by atoms with Gasteiger partial charge in [0.15, 0.2) is 0 Å². The predicted molar refractivity (Wildman–Crippen MR) is 72.6 cm³/mol. The van der Waals surface area contributed by atoms with Crippen LogP contribution in [0.4, 0.5) is 15.8 Å². The van der Waals surface area contributed by atoms with Crippen LogP contribution in [0.1, 0.15) is 15.9 Å². The molecule has 0 aliphatic heterocycles. The monoisotopic (exact) mass is 270 g/mol. The number of carbonyl (C=O) groups is 1. The van der Waals surface area contributed by atoms with E-state index in [1.165, 1.54) is 17.0 Å². The molecule has 5 heteroatoms. The third-order valence-electron chi connectivity index (χ3n) is 2.95. The lowest BCUT2D eigenvalue weighted by Crippen LogP contribution is -2.16. The second-order valence-electron chi connectivity index (χ2n) is 4.13. The van der Waals surface area contributed by atoms with E-state index in [1.54, 1.807) is 31.3 Å². The van der Waals surface area contributed by atoms with Crippen LogP contribution in [-0.4, -0.2) is 18.1 Å². The minimum atomic E-state index is -1.35. The predicted octanol–water partition coefficient (Wildman–Crippen LogP) is 3.16. The summed E-state index contributed by atoms with van der Waals surface area (Å²) < 4.78 is 13.7. The maximum Gasteiger partial charge on any atom is 0.340 e. The number of nitriles is 1. The summed E-state index contributed by atoms with van der Waals surface area (Å²) in [6, 6.07) is 12.8. The fraction of sp³-hybridized carbons (Fsp3) is 0.0667. The van der Waals surface area contributed by atoms with Gasteiger partial charge in [0.25, 0.3) is 0 Å². The first kappa shape index (κ1) is 13.6. The van der Waals surface area contributed by atoms with Gasteiger partial charge in [-0.05, 0) is 24.3 Å². The van der Waals surface area contributed by atoms with Crippen LogP contribution in [0.15, 0.2) is 42.5 Å². The molecule has 20 heavy (non-hydrogen) atoms. The van der Waals surface area contributed by atoms with Crippen molar-refractivity contribution in [2.75, 3.05) is 11.9 Å². The van der Waals surface area contributed by atoms with Crippen molar-refractivity contribution in [3.05, 3.63) is 59.4 Å². The number of hydrogen-bond donors (Lipinski definition) is 1. The molecule has 0 amide bonds. The lowest BCUT2D eigenvalue weighted by Gasteiger charge is -2.22. The molecule has 0 radical (unpaired) electrons. The van der Waals surface area contributed by atoms with Crippen molar-refractivity contribution in [1.29, 1.82) is 5.26 Å². The van der Waals surface area contributed by atoms with Gasteiger partial charge in [-0.3, -0.25) is 0 Å². The molecule has 1 N–H and O–H groups in total. The van der Waals surface area contributed by atoms with Crippen LogP contribution in [0.2, 0.25) is 0 Å². The summed E-state index contributed by atoms with van der Waals surface area (Å²) in [7, 11) is 1.59. The number of rotatable bonds is 3. The number of carboxylic acids is 1. The second-order valence-corrected chi connectivity index (χ2v) is 4.13. The molecule has 0 aliphatic carbocycles. The molecule has 0 bridgehead atoms. The maximum absolute atomic E-state index is 13.7. The largest absolute Gasteiger partial charge is 0.478 e. The van der Waals surface area contributed by atoms with Gasteiger partial charge >= 0.3 is 5.97 Å². The first-order chi connectivity index (χ1) is 9.56. The summed E-state index contributed by atoms with van der Waals surface area (Å²) in [6.07, 6.45) is 0. The zero-order valence-corrected chi connectivity index (χ0v) is 10.7. The van der Waals surface area contributed by atoms with Crippen molar-refractivity contribution in [2.24, 2.45) is 0 Å². The lowest BCUT2D eigenvalue weighted by molar-refractivity contribution is 0.0693. The van der Waals surface area contributed by atoms with Gasteiger partial charge in [-0.2, -0.15) is 5.26 Å². The van der Waals surface area contributed by atoms with E-state index in [0.29, 0.717) is 11.3 Å². The van der Waals surface area contributed by atoms with E-state index in [-0.39, 0.29) is 5.69 Å². The van der Waals surface area contributed by atoms with Gasteiger partial charge in [0, 0.05) is 7.05 Å². The number of benzene rings is 2. The van der Waals surface area contributed by atoms with Gasteiger partial charge in [-0.1, -0.05) is 18.2 Å². The number of nitrogens with zero attached hydrogens (tertiary/aromatic N) is 2. The van der Waals surface area contributed by atoms with E-state index in [0.717, 1.165) is 6.07 Å². The smallest absolute Gasteiger partial charge is 0.340 e. The van der Waals surface area contributed by atoms with Crippen molar-refractivity contribution in [3.63, 3.8) is 0 Å². The Balaban J connectivity index is 2.60. The molecule has 2 aromatic carbocycles. The fourth-order valence-electron chi connectivity index (χ4n) is 1.99. The molecule has 4 nitrogen and oxygen atoms in total. The van der Waals surface area contributed by atoms with Crippen molar-refractivity contribution in [1.82, 2.24) is 0 Å². The first-order valence-electron chi connectivity index (χ1n) is 5.81. The minimum absolute atomic E-state index is 0.195. The van der Waals surface area contributed by atoms with Crippen molar-refractivity contribution in [3.8, 4) is 6.07 Å². The van der Waals surface area contributed by atoms with Crippen LogP contribution >= 0.6 is 0 Å². The van der Waals surface area contributed by atoms with E-state index in [4.69, 9.17) is 10.4 Å². The highest BCUT2D eigenvalue weighted by Gasteiger charge is 2.20. The van der Waals surface area contributed by atoms with Crippen LogP contribution < -0.4 is 4.90 Å². The maximum atomic E-state index is 13.7. The molecule has 0 saturated carbocycles. The summed E-state index contributed by atoms with van der Waals surface area (Å²) in [5.74, 6) is -2.16. The average molecular weight is 270 g/mol. The molecule has 0 atom stereocenters. The number of hydrogen-bond acceptors (Lipinski definition) is 3. The van der Waals surface area contributed by atoms with Crippen LogP contribution in [0, 0.1) is 17.1 Å². The molecular formula is C15H11FN2O2. The second kappa shape index (κ2) is 5.41. The number of carboxylic acid groups (broad SMARTS) is 1. The normalized spacial score (nSPS) is 9.85. The number of anilines is 2. The van der Waals surface area contributed by atoms with Crippen molar-refractivity contribution >= 4 is 17.3 Å². The Morgan fingerprint density at radius 3 is 2.50 bits per heavy atom. The SMILES string of the molecule is CN(c1ccccc1C#N)c1cccc(F)c1C(=O)O. The van der Waals surface area contributed by atoms with Crippen LogP contribution in [-0.2, 0) is 0 Å². The molecule has 0 spiro atoms. The zero-order valence-electron chi connectivity index (χ0n) is 10.7. The summed E-state index contributed by atoms with van der Waals surface area (Å²) in [5, 5.41) is 18.2. The van der Waals surface area contributed by atoms with Gasteiger partial charge in [0.1, 0.15) is 17.4 Å². The lowest BCUT2D eigenvalue weighted by atomic mass is 10.1. The van der Waals surface area contributed by atoms with E-state index < -0.39 is 17.3 Å². The molecule has 0 aliphatic rings. The van der Waals surface area contributed by atoms with Crippen LogP contribution in [0.5, 0.6) is 0 Å². The summed E-state index contributed by atoms with van der Waals surface area (Å²) in [6.45, 7) is 0.